The van der Waals surface area contributed by atoms with E-state index in [2.05, 4.69) is 21.1 Å². The maximum Gasteiger partial charge on any atom is 0.322 e. The van der Waals surface area contributed by atoms with Crippen molar-refractivity contribution in [2.75, 3.05) is 0 Å². The number of aromatic nitrogens is 1. The average molecular weight is 328 g/mol. The molecule has 124 valence electrons. The molecule has 2 heterocycles. The number of aryl methyl sites for hydroxylation is 1. The lowest BCUT2D eigenvalue weighted by Crippen LogP contribution is -2.36. The first kappa shape index (κ1) is 15.7. The number of nitrogens with one attached hydrogen (secondary N) is 3. The van der Waals surface area contributed by atoms with Gasteiger partial charge in [-0.3, -0.25) is 14.9 Å². The highest BCUT2D eigenvalue weighted by molar-refractivity contribution is 6.05. The molecule has 0 saturated carbocycles. The van der Waals surface area contributed by atoms with Crippen molar-refractivity contribution < 1.29 is 18.9 Å². The summed E-state index contributed by atoms with van der Waals surface area (Å²) in [5.41, 5.74) is 2.61. The van der Waals surface area contributed by atoms with Gasteiger partial charge >= 0.3 is 6.03 Å². The minimum Gasteiger partial charge on any atom is -0.356 e. The Morgan fingerprint density at radius 1 is 1.29 bits per heavy atom. The van der Waals surface area contributed by atoms with Gasteiger partial charge in [0.2, 0.25) is 5.91 Å². The Labute approximate surface area is 137 Å². The Morgan fingerprint density at radius 3 is 2.71 bits per heavy atom. The van der Waals surface area contributed by atoms with Gasteiger partial charge in [-0.05, 0) is 6.92 Å². The predicted octanol–water partition coefficient (Wildman–Crippen LogP) is 0.864. The normalized spacial score (nSPS) is 16.6. The fraction of sp³-hybridized carbons (Fsp3) is 0.250. The molecular weight excluding hydrogens is 312 g/mol. The van der Waals surface area contributed by atoms with Gasteiger partial charge in [0.1, 0.15) is 11.7 Å². The molecule has 0 aliphatic carbocycles. The second-order valence-electron chi connectivity index (χ2n) is 5.54. The zero-order valence-electron chi connectivity index (χ0n) is 13.0. The number of hydrogen-bond donors (Lipinski definition) is 3. The average Bonchev–Trinajstić information content (AvgIpc) is 3.13. The van der Waals surface area contributed by atoms with E-state index < -0.39 is 18.0 Å². The molecule has 24 heavy (non-hydrogen) atoms. The first-order chi connectivity index (χ1) is 11.5. The smallest absolute Gasteiger partial charge is 0.322 e. The summed E-state index contributed by atoms with van der Waals surface area (Å²) in [7, 11) is 0. The van der Waals surface area contributed by atoms with E-state index in [4.69, 9.17) is 4.52 Å². The lowest BCUT2D eigenvalue weighted by Gasteiger charge is -2.06. The van der Waals surface area contributed by atoms with Crippen LogP contribution in [-0.4, -0.2) is 29.0 Å². The number of carbonyl (C=O) groups is 3. The van der Waals surface area contributed by atoms with E-state index in [1.54, 1.807) is 6.07 Å². The van der Waals surface area contributed by atoms with Crippen molar-refractivity contribution in [2.24, 2.45) is 0 Å². The van der Waals surface area contributed by atoms with E-state index in [-0.39, 0.29) is 18.9 Å². The number of carbonyl (C=O) groups excluding carboxylic acids is 3. The fourth-order valence-corrected chi connectivity index (χ4v) is 2.30. The van der Waals surface area contributed by atoms with Crippen LogP contribution in [0.5, 0.6) is 0 Å². The van der Waals surface area contributed by atoms with Gasteiger partial charge in [-0.1, -0.05) is 35.0 Å². The van der Waals surface area contributed by atoms with Crippen LogP contribution in [0.15, 0.2) is 34.9 Å². The third-order valence-electron chi connectivity index (χ3n) is 3.61. The topological polar surface area (TPSA) is 113 Å². The molecule has 1 fully saturated rings. The number of hydrogen-bond acceptors (Lipinski definition) is 5. The number of amides is 4. The summed E-state index contributed by atoms with van der Waals surface area (Å²) in [6.45, 7) is 2.18. The summed E-state index contributed by atoms with van der Waals surface area (Å²) in [5, 5.41) is 11.0. The highest BCUT2D eigenvalue weighted by Gasteiger charge is 2.31. The minimum atomic E-state index is -0.835. The molecule has 3 N–H and O–H groups in total. The number of nitrogens with zero attached hydrogens (tertiary/aromatic N) is 1. The van der Waals surface area contributed by atoms with Crippen molar-refractivity contribution in [2.45, 2.75) is 25.9 Å². The van der Waals surface area contributed by atoms with E-state index in [1.807, 2.05) is 31.2 Å². The molecule has 1 aromatic carbocycles. The summed E-state index contributed by atoms with van der Waals surface area (Å²) in [4.78, 5) is 34.2. The molecule has 0 bridgehead atoms. The molecule has 8 heteroatoms. The van der Waals surface area contributed by atoms with E-state index in [9.17, 15) is 14.4 Å². The molecule has 1 aromatic heterocycles. The fourth-order valence-electron chi connectivity index (χ4n) is 2.30. The quantitative estimate of drug-likeness (QED) is 0.705. The van der Waals surface area contributed by atoms with Crippen molar-refractivity contribution in [3.8, 4) is 11.3 Å². The van der Waals surface area contributed by atoms with Gasteiger partial charge in [-0.15, -0.1) is 0 Å². The Balaban J connectivity index is 1.53. The van der Waals surface area contributed by atoms with Crippen LogP contribution >= 0.6 is 0 Å². The Kier molecular flexibility index (Phi) is 4.28. The van der Waals surface area contributed by atoms with Gasteiger partial charge in [0.25, 0.3) is 5.91 Å². The zero-order valence-corrected chi connectivity index (χ0v) is 13.0. The van der Waals surface area contributed by atoms with Gasteiger partial charge in [0.15, 0.2) is 5.76 Å². The van der Waals surface area contributed by atoms with E-state index in [0.717, 1.165) is 11.1 Å². The van der Waals surface area contributed by atoms with Crippen LogP contribution in [0.1, 0.15) is 17.7 Å². The first-order valence-electron chi connectivity index (χ1n) is 7.42. The molecule has 1 atom stereocenters. The van der Waals surface area contributed by atoms with Gasteiger partial charge in [-0.25, -0.2) is 4.79 Å². The van der Waals surface area contributed by atoms with Crippen molar-refractivity contribution >= 4 is 17.8 Å². The van der Waals surface area contributed by atoms with Crippen LogP contribution in [0.2, 0.25) is 0 Å². The van der Waals surface area contributed by atoms with Crippen molar-refractivity contribution in [3.05, 3.63) is 41.6 Å². The molecule has 1 aliphatic rings. The number of rotatable bonds is 5. The standard InChI is InChI=1S/C16H16N4O4/c1-9-2-4-10(5-3-9)13-6-11(20-24-13)8-17-14(21)7-12-15(22)19-16(23)18-12/h2-6,12H,7-8H2,1H3,(H,17,21)(H2,18,19,22,23)/t12-/m1/s1. The molecule has 3 rings (SSSR count). The molecule has 1 aliphatic heterocycles. The monoisotopic (exact) mass is 328 g/mol. The third kappa shape index (κ3) is 3.60. The molecule has 1 saturated heterocycles. The molecule has 0 radical (unpaired) electrons. The molecule has 8 nitrogen and oxygen atoms in total. The van der Waals surface area contributed by atoms with Crippen LogP contribution in [0.25, 0.3) is 11.3 Å². The van der Waals surface area contributed by atoms with Gasteiger partial charge in [-0.2, -0.15) is 0 Å². The van der Waals surface area contributed by atoms with Crippen LogP contribution in [0, 0.1) is 6.92 Å². The molecule has 4 amide bonds. The van der Waals surface area contributed by atoms with Crippen LogP contribution in [0.3, 0.4) is 0 Å². The van der Waals surface area contributed by atoms with Crippen molar-refractivity contribution in [1.29, 1.82) is 0 Å². The summed E-state index contributed by atoms with van der Waals surface area (Å²) >= 11 is 0. The maximum absolute atomic E-state index is 11.8. The highest BCUT2D eigenvalue weighted by atomic mass is 16.5. The van der Waals surface area contributed by atoms with E-state index in [0.29, 0.717) is 11.5 Å². The lowest BCUT2D eigenvalue weighted by atomic mass is 10.1. The number of urea groups is 1. The second kappa shape index (κ2) is 6.53. The van der Waals surface area contributed by atoms with E-state index >= 15 is 0 Å². The van der Waals surface area contributed by atoms with Gasteiger partial charge in [0, 0.05) is 11.6 Å². The Hall–Kier alpha value is -3.16. The maximum atomic E-state index is 11.8. The Bertz CT molecular complexity index is 782. The third-order valence-corrected chi connectivity index (χ3v) is 3.61. The molecule has 0 unspecified atom stereocenters. The van der Waals surface area contributed by atoms with Gasteiger partial charge in [0.05, 0.1) is 13.0 Å². The molecule has 0 spiro atoms. The predicted molar refractivity (Wildman–Crippen MR) is 83.6 cm³/mol. The van der Waals surface area contributed by atoms with Crippen LogP contribution < -0.4 is 16.0 Å². The first-order valence-corrected chi connectivity index (χ1v) is 7.42. The highest BCUT2D eigenvalue weighted by Crippen LogP contribution is 2.20. The number of imide groups is 1. The summed E-state index contributed by atoms with van der Waals surface area (Å²) in [5.74, 6) is -0.253. The van der Waals surface area contributed by atoms with E-state index in [1.165, 1.54) is 0 Å². The number of benzene rings is 1. The summed E-state index contributed by atoms with van der Waals surface area (Å²) < 4.78 is 5.27. The molecule has 2 aromatic rings. The lowest BCUT2D eigenvalue weighted by molar-refractivity contribution is -0.126. The van der Waals surface area contributed by atoms with Gasteiger partial charge < -0.3 is 15.2 Å². The van der Waals surface area contributed by atoms with Crippen LogP contribution in [0.4, 0.5) is 4.79 Å². The zero-order chi connectivity index (χ0) is 17.1. The summed E-state index contributed by atoms with van der Waals surface area (Å²) in [6.07, 6.45) is -0.125. The van der Waals surface area contributed by atoms with Crippen molar-refractivity contribution in [3.63, 3.8) is 0 Å². The minimum absolute atomic E-state index is 0.125. The SMILES string of the molecule is Cc1ccc(-c2cc(CNC(=O)C[C@H]3NC(=O)NC3=O)no2)cc1. The molecular formula is C16H16N4O4. The summed E-state index contributed by atoms with van der Waals surface area (Å²) in [6, 6.07) is 8.13. The Morgan fingerprint density at radius 2 is 2.04 bits per heavy atom. The second-order valence-corrected chi connectivity index (χ2v) is 5.54. The van der Waals surface area contributed by atoms with Crippen LogP contribution in [-0.2, 0) is 16.1 Å². The van der Waals surface area contributed by atoms with Crippen molar-refractivity contribution in [1.82, 2.24) is 21.1 Å². The largest absolute Gasteiger partial charge is 0.356 e.